The highest BCUT2D eigenvalue weighted by molar-refractivity contribution is 6.30. The van der Waals surface area contributed by atoms with Crippen molar-refractivity contribution in [1.29, 1.82) is 0 Å². The second-order valence-electron chi connectivity index (χ2n) is 4.46. The van der Waals surface area contributed by atoms with E-state index in [1.54, 1.807) is 24.3 Å². The van der Waals surface area contributed by atoms with Crippen LogP contribution in [0.4, 0.5) is 5.82 Å². The number of nitrogens with zero attached hydrogens (tertiary/aromatic N) is 2. The summed E-state index contributed by atoms with van der Waals surface area (Å²) in [5, 5.41) is 14.2. The molecule has 0 bridgehead atoms. The van der Waals surface area contributed by atoms with Crippen molar-refractivity contribution in [3.05, 3.63) is 34.9 Å². The molecule has 19 heavy (non-hydrogen) atoms. The predicted molar refractivity (Wildman–Crippen MR) is 74.4 cm³/mol. The highest BCUT2D eigenvalue weighted by Crippen LogP contribution is 2.29. The van der Waals surface area contributed by atoms with E-state index in [1.165, 1.54) is 4.68 Å². The summed E-state index contributed by atoms with van der Waals surface area (Å²) in [7, 11) is 0. The zero-order valence-electron chi connectivity index (χ0n) is 10.6. The van der Waals surface area contributed by atoms with Gasteiger partial charge in [0.25, 0.3) is 0 Å². The molecule has 0 saturated heterocycles. The molecule has 0 unspecified atom stereocenters. The van der Waals surface area contributed by atoms with Gasteiger partial charge in [0.05, 0.1) is 0 Å². The van der Waals surface area contributed by atoms with Gasteiger partial charge in [0.2, 0.25) is 0 Å². The number of benzene rings is 1. The highest BCUT2D eigenvalue weighted by atomic mass is 35.5. The maximum atomic E-state index is 11.4. The number of hydrogen-bond acceptors (Lipinski definition) is 3. The van der Waals surface area contributed by atoms with E-state index in [0.29, 0.717) is 16.3 Å². The lowest BCUT2D eigenvalue weighted by molar-refractivity contribution is 0.0699. The van der Waals surface area contributed by atoms with Crippen molar-refractivity contribution >= 4 is 23.4 Å². The third kappa shape index (κ3) is 2.42. The summed E-state index contributed by atoms with van der Waals surface area (Å²) in [6.45, 7) is 3.78. The second kappa shape index (κ2) is 4.93. The summed E-state index contributed by atoms with van der Waals surface area (Å²) in [4.78, 5) is 11.4. The molecular formula is C13H14ClN3O2. The normalized spacial score (nSPS) is 10.9. The fourth-order valence-corrected chi connectivity index (χ4v) is 1.99. The summed E-state index contributed by atoms with van der Waals surface area (Å²) in [5.41, 5.74) is 6.92. The molecule has 0 atom stereocenters. The first-order valence-electron chi connectivity index (χ1n) is 5.79. The largest absolute Gasteiger partial charge is 0.477 e. The van der Waals surface area contributed by atoms with Gasteiger partial charge in [-0.05, 0) is 26.0 Å². The van der Waals surface area contributed by atoms with Crippen LogP contribution in [0.3, 0.4) is 0 Å². The number of aromatic nitrogens is 2. The molecule has 0 spiro atoms. The van der Waals surface area contributed by atoms with Crippen LogP contribution in [0.1, 0.15) is 30.2 Å². The van der Waals surface area contributed by atoms with Crippen LogP contribution >= 0.6 is 11.6 Å². The summed E-state index contributed by atoms with van der Waals surface area (Å²) in [5.74, 6) is -0.929. The molecule has 0 aliphatic rings. The fourth-order valence-electron chi connectivity index (χ4n) is 1.86. The first kappa shape index (κ1) is 13.4. The van der Waals surface area contributed by atoms with Crippen LogP contribution in [0.25, 0.3) is 11.3 Å². The molecule has 3 N–H and O–H groups in total. The SMILES string of the molecule is CC(C)n1nc(-c2ccc(Cl)cc2)c(C(=O)O)c1N. The lowest BCUT2D eigenvalue weighted by Crippen LogP contribution is -2.09. The Kier molecular flexibility index (Phi) is 3.48. The van der Waals surface area contributed by atoms with E-state index >= 15 is 0 Å². The van der Waals surface area contributed by atoms with Gasteiger partial charge in [0.1, 0.15) is 17.1 Å². The Hall–Kier alpha value is -2.01. The Labute approximate surface area is 115 Å². The minimum absolute atomic E-state index is 0.0147. The number of anilines is 1. The first-order chi connectivity index (χ1) is 8.91. The van der Waals surface area contributed by atoms with Gasteiger partial charge in [-0.25, -0.2) is 9.48 Å². The molecule has 0 saturated carbocycles. The van der Waals surface area contributed by atoms with Crippen molar-refractivity contribution in [1.82, 2.24) is 9.78 Å². The van der Waals surface area contributed by atoms with E-state index in [-0.39, 0.29) is 17.4 Å². The Balaban J connectivity index is 2.65. The van der Waals surface area contributed by atoms with Crippen molar-refractivity contribution in [3.63, 3.8) is 0 Å². The van der Waals surface area contributed by atoms with Gasteiger partial charge in [-0.1, -0.05) is 23.7 Å². The van der Waals surface area contributed by atoms with Crippen LogP contribution in [0.15, 0.2) is 24.3 Å². The zero-order chi connectivity index (χ0) is 14.2. The number of hydrogen-bond donors (Lipinski definition) is 2. The van der Waals surface area contributed by atoms with Gasteiger partial charge in [0.15, 0.2) is 0 Å². The third-order valence-corrected chi connectivity index (χ3v) is 3.02. The Morgan fingerprint density at radius 1 is 1.37 bits per heavy atom. The zero-order valence-corrected chi connectivity index (χ0v) is 11.3. The van der Waals surface area contributed by atoms with Crippen molar-refractivity contribution in [2.75, 3.05) is 5.73 Å². The molecule has 2 aromatic rings. The Morgan fingerprint density at radius 3 is 2.42 bits per heavy atom. The van der Waals surface area contributed by atoms with Crippen LogP contribution < -0.4 is 5.73 Å². The first-order valence-corrected chi connectivity index (χ1v) is 6.16. The molecule has 1 heterocycles. The van der Waals surface area contributed by atoms with Gasteiger partial charge in [0, 0.05) is 16.6 Å². The van der Waals surface area contributed by atoms with Crippen LogP contribution in [-0.2, 0) is 0 Å². The Bertz CT molecular complexity index is 618. The third-order valence-electron chi connectivity index (χ3n) is 2.77. The van der Waals surface area contributed by atoms with Crippen LogP contribution in [0.2, 0.25) is 5.02 Å². The van der Waals surface area contributed by atoms with Crippen LogP contribution in [0, 0.1) is 0 Å². The van der Waals surface area contributed by atoms with Gasteiger partial charge >= 0.3 is 5.97 Å². The molecule has 0 amide bonds. The second-order valence-corrected chi connectivity index (χ2v) is 4.90. The monoisotopic (exact) mass is 279 g/mol. The maximum Gasteiger partial charge on any atom is 0.341 e. The molecule has 1 aromatic heterocycles. The smallest absolute Gasteiger partial charge is 0.341 e. The Morgan fingerprint density at radius 2 is 1.95 bits per heavy atom. The highest BCUT2D eigenvalue weighted by Gasteiger charge is 2.23. The van der Waals surface area contributed by atoms with Gasteiger partial charge in [-0.15, -0.1) is 0 Å². The van der Waals surface area contributed by atoms with Gasteiger partial charge < -0.3 is 10.8 Å². The molecule has 0 radical (unpaired) electrons. The summed E-state index contributed by atoms with van der Waals surface area (Å²) in [6.07, 6.45) is 0. The number of halogens is 1. The number of aromatic carboxylic acids is 1. The van der Waals surface area contributed by atoms with Crippen molar-refractivity contribution < 1.29 is 9.90 Å². The molecule has 0 fully saturated rings. The molecule has 2 rings (SSSR count). The van der Waals surface area contributed by atoms with E-state index in [4.69, 9.17) is 17.3 Å². The molecule has 100 valence electrons. The van der Waals surface area contributed by atoms with E-state index in [1.807, 2.05) is 13.8 Å². The summed E-state index contributed by atoms with van der Waals surface area (Å²) < 4.78 is 1.51. The minimum atomic E-state index is -1.09. The van der Waals surface area contributed by atoms with Crippen molar-refractivity contribution in [3.8, 4) is 11.3 Å². The minimum Gasteiger partial charge on any atom is -0.477 e. The molecule has 0 aliphatic carbocycles. The quantitative estimate of drug-likeness (QED) is 0.905. The number of rotatable bonds is 3. The van der Waals surface area contributed by atoms with Crippen LogP contribution in [-0.4, -0.2) is 20.9 Å². The number of nitrogens with two attached hydrogens (primary N) is 1. The number of carboxylic acid groups (broad SMARTS) is 1. The number of carbonyl (C=O) groups is 1. The van der Waals surface area contributed by atoms with Crippen LogP contribution in [0.5, 0.6) is 0 Å². The molecular weight excluding hydrogens is 266 g/mol. The van der Waals surface area contributed by atoms with E-state index < -0.39 is 5.97 Å². The van der Waals surface area contributed by atoms with Gasteiger partial charge in [-0.3, -0.25) is 0 Å². The van der Waals surface area contributed by atoms with Gasteiger partial charge in [-0.2, -0.15) is 5.10 Å². The standard InChI is InChI=1S/C13H14ClN3O2/c1-7(2)17-12(15)10(13(18)19)11(16-17)8-3-5-9(14)6-4-8/h3-7H,15H2,1-2H3,(H,18,19). The van der Waals surface area contributed by atoms with E-state index in [9.17, 15) is 9.90 Å². The fraction of sp³-hybridized carbons (Fsp3) is 0.231. The lowest BCUT2D eigenvalue weighted by atomic mass is 10.1. The maximum absolute atomic E-state index is 11.4. The van der Waals surface area contributed by atoms with E-state index in [0.717, 1.165) is 0 Å². The average molecular weight is 280 g/mol. The van der Waals surface area contributed by atoms with Crippen molar-refractivity contribution in [2.45, 2.75) is 19.9 Å². The molecule has 1 aromatic carbocycles. The average Bonchev–Trinajstić information content (AvgIpc) is 2.68. The van der Waals surface area contributed by atoms with E-state index in [2.05, 4.69) is 5.10 Å². The summed E-state index contributed by atoms with van der Waals surface area (Å²) >= 11 is 5.82. The molecule has 6 heteroatoms. The number of nitrogen functional groups attached to an aromatic ring is 1. The van der Waals surface area contributed by atoms with Crippen molar-refractivity contribution in [2.24, 2.45) is 0 Å². The predicted octanol–water partition coefficient (Wildman–Crippen LogP) is 3.06. The topological polar surface area (TPSA) is 81.1 Å². The molecule has 5 nitrogen and oxygen atoms in total. The number of carboxylic acids is 1. The molecule has 0 aliphatic heterocycles. The summed E-state index contributed by atoms with van der Waals surface area (Å²) in [6, 6.07) is 6.81. The lowest BCUT2D eigenvalue weighted by Gasteiger charge is -2.06.